The Morgan fingerprint density at radius 1 is 1.16 bits per heavy atom. The number of benzene rings is 1. The molecule has 0 bridgehead atoms. The Hall–Kier alpha value is -2.66. The number of allylic oxidation sites excluding steroid dienone is 6. The van der Waals surface area contributed by atoms with Gasteiger partial charge in [-0.05, 0) is 70.3 Å². The van der Waals surface area contributed by atoms with E-state index in [4.69, 9.17) is 0 Å². The summed E-state index contributed by atoms with van der Waals surface area (Å²) < 4.78 is 27.2. The molecule has 32 heavy (non-hydrogen) atoms. The van der Waals surface area contributed by atoms with Gasteiger partial charge in [0.15, 0.2) is 0 Å². The molecule has 2 heterocycles. The predicted molar refractivity (Wildman–Crippen MR) is 129 cm³/mol. The summed E-state index contributed by atoms with van der Waals surface area (Å²) in [5.41, 5.74) is 5.62. The lowest BCUT2D eigenvalue weighted by atomic mass is 10.0. The third-order valence-electron chi connectivity index (χ3n) is 6.93. The van der Waals surface area contributed by atoms with Gasteiger partial charge in [-0.3, -0.25) is 0 Å². The molecule has 1 aromatic rings. The molecule has 5 heteroatoms. The first-order chi connectivity index (χ1) is 15.3. The first-order valence-corrected chi connectivity index (χ1v) is 11.3. The second-order valence-corrected chi connectivity index (χ2v) is 8.75. The molecular formula is C27H35F2N3. The monoisotopic (exact) mass is 439 g/mol. The van der Waals surface area contributed by atoms with Gasteiger partial charge in [0, 0.05) is 47.3 Å². The van der Waals surface area contributed by atoms with Crippen LogP contribution in [0.4, 0.5) is 8.78 Å². The fourth-order valence-corrected chi connectivity index (χ4v) is 5.03. The summed E-state index contributed by atoms with van der Waals surface area (Å²) in [7, 11) is 2.21. The highest BCUT2D eigenvalue weighted by Gasteiger charge is 2.39. The molecule has 1 N–H and O–H groups in total. The van der Waals surface area contributed by atoms with Gasteiger partial charge in [-0.15, -0.1) is 0 Å². The number of hydrogen-bond donors (Lipinski definition) is 1. The second kappa shape index (κ2) is 10.3. The molecule has 2 aliphatic rings. The van der Waals surface area contributed by atoms with Crippen LogP contribution in [0.15, 0.2) is 78.3 Å². The van der Waals surface area contributed by atoms with Crippen LogP contribution in [0.2, 0.25) is 0 Å². The van der Waals surface area contributed by atoms with E-state index in [0.29, 0.717) is 17.6 Å². The summed E-state index contributed by atoms with van der Waals surface area (Å²) in [5, 5.41) is 3.24. The summed E-state index contributed by atoms with van der Waals surface area (Å²) in [6.45, 7) is 17.7. The standard InChI is InChI=1S/C27H35F2N3/c1-7-21(8-2)20(5)32-25(13-14-27(32)26-10-9-15-31(26)6)18(3)19(4)30-17-22-11-12-23(28)16-24(22)29/h7-8,11-12,16,26-27,30H,1-2,4,9-10,13-15,17H2,3,5-6H3/b25-18+. The second-order valence-electron chi connectivity index (χ2n) is 8.75. The van der Waals surface area contributed by atoms with Crippen molar-refractivity contribution in [2.24, 2.45) is 0 Å². The van der Waals surface area contributed by atoms with Gasteiger partial charge < -0.3 is 15.1 Å². The Labute approximate surface area is 191 Å². The van der Waals surface area contributed by atoms with Crippen LogP contribution in [0.5, 0.6) is 0 Å². The molecule has 3 nitrogen and oxygen atoms in total. The van der Waals surface area contributed by atoms with Crippen molar-refractivity contribution in [2.75, 3.05) is 13.6 Å². The predicted octanol–water partition coefficient (Wildman–Crippen LogP) is 6.05. The lowest BCUT2D eigenvalue weighted by molar-refractivity contribution is 0.194. The van der Waals surface area contributed by atoms with E-state index in [-0.39, 0.29) is 6.54 Å². The molecule has 0 saturated carbocycles. The maximum atomic E-state index is 14.0. The van der Waals surface area contributed by atoms with Crippen molar-refractivity contribution in [1.82, 2.24) is 15.1 Å². The third kappa shape index (κ3) is 4.88. The average Bonchev–Trinajstić information content (AvgIpc) is 3.38. The van der Waals surface area contributed by atoms with Gasteiger partial charge in [-0.2, -0.15) is 0 Å². The molecule has 0 radical (unpaired) electrons. The minimum Gasteiger partial charge on any atom is -0.381 e. The number of halogens is 2. The number of likely N-dealkylation sites (tertiary alicyclic amines) is 2. The van der Waals surface area contributed by atoms with E-state index in [0.717, 1.165) is 48.0 Å². The van der Waals surface area contributed by atoms with Crippen molar-refractivity contribution in [3.05, 3.63) is 95.5 Å². The van der Waals surface area contributed by atoms with Crippen LogP contribution in [0.25, 0.3) is 0 Å². The quantitative estimate of drug-likeness (QED) is 0.498. The van der Waals surface area contributed by atoms with E-state index in [1.165, 1.54) is 30.7 Å². The average molecular weight is 440 g/mol. The molecule has 0 amide bonds. The Bertz CT molecular complexity index is 950. The van der Waals surface area contributed by atoms with Crippen LogP contribution in [0, 0.1) is 11.6 Å². The summed E-state index contributed by atoms with van der Waals surface area (Å²) >= 11 is 0. The molecule has 172 valence electrons. The lowest BCUT2D eigenvalue weighted by Gasteiger charge is -2.37. The molecule has 0 spiro atoms. The van der Waals surface area contributed by atoms with Crippen LogP contribution in [0.1, 0.15) is 45.1 Å². The minimum absolute atomic E-state index is 0.254. The molecule has 3 rings (SSSR count). The van der Waals surface area contributed by atoms with Gasteiger partial charge in [0.2, 0.25) is 0 Å². The first-order valence-electron chi connectivity index (χ1n) is 11.3. The van der Waals surface area contributed by atoms with Crippen LogP contribution in [0.3, 0.4) is 0 Å². The molecular weight excluding hydrogens is 404 g/mol. The number of likely N-dealkylation sites (N-methyl/N-ethyl adjacent to an activating group) is 1. The molecule has 2 aliphatic heterocycles. The van der Waals surface area contributed by atoms with Crippen molar-refractivity contribution in [3.63, 3.8) is 0 Å². The molecule has 2 unspecified atom stereocenters. The number of hydrogen-bond acceptors (Lipinski definition) is 3. The van der Waals surface area contributed by atoms with Gasteiger partial charge in [0.1, 0.15) is 11.6 Å². The van der Waals surface area contributed by atoms with E-state index in [1.807, 2.05) is 12.2 Å². The number of nitrogens with one attached hydrogen (secondary N) is 1. The van der Waals surface area contributed by atoms with Gasteiger partial charge in [-0.25, -0.2) is 8.78 Å². The topological polar surface area (TPSA) is 18.5 Å². The van der Waals surface area contributed by atoms with Crippen LogP contribution < -0.4 is 5.32 Å². The summed E-state index contributed by atoms with van der Waals surface area (Å²) in [5.74, 6) is -1.13. The maximum absolute atomic E-state index is 14.0. The SMILES string of the molecule is C=CC(C=C)=C(C)N1/C(=C(\C)C(=C)NCc2ccc(F)cc2F)CCC1C1CCCN1C. The van der Waals surface area contributed by atoms with E-state index in [2.05, 4.69) is 55.7 Å². The van der Waals surface area contributed by atoms with Gasteiger partial charge in [-0.1, -0.05) is 38.0 Å². The van der Waals surface area contributed by atoms with E-state index in [9.17, 15) is 8.78 Å². The Kier molecular flexibility index (Phi) is 7.73. The van der Waals surface area contributed by atoms with Crippen LogP contribution >= 0.6 is 0 Å². The zero-order chi connectivity index (χ0) is 23.4. The Balaban J connectivity index is 1.89. The van der Waals surface area contributed by atoms with Crippen LogP contribution in [-0.4, -0.2) is 35.5 Å². The van der Waals surface area contributed by atoms with Crippen molar-refractivity contribution < 1.29 is 8.78 Å². The number of nitrogens with zero attached hydrogens (tertiary/aromatic N) is 2. The molecule has 0 aliphatic carbocycles. The highest BCUT2D eigenvalue weighted by Crippen LogP contribution is 2.40. The highest BCUT2D eigenvalue weighted by atomic mass is 19.1. The van der Waals surface area contributed by atoms with Crippen molar-refractivity contribution in [1.29, 1.82) is 0 Å². The maximum Gasteiger partial charge on any atom is 0.131 e. The third-order valence-corrected chi connectivity index (χ3v) is 6.93. The van der Waals surface area contributed by atoms with Crippen molar-refractivity contribution >= 4 is 0 Å². The van der Waals surface area contributed by atoms with E-state index < -0.39 is 11.6 Å². The molecule has 2 saturated heterocycles. The van der Waals surface area contributed by atoms with Gasteiger partial charge in [0.05, 0.1) is 0 Å². The Morgan fingerprint density at radius 3 is 2.47 bits per heavy atom. The smallest absolute Gasteiger partial charge is 0.131 e. The summed E-state index contributed by atoms with van der Waals surface area (Å²) in [4.78, 5) is 4.92. The zero-order valence-electron chi connectivity index (χ0n) is 19.6. The van der Waals surface area contributed by atoms with Gasteiger partial charge in [0.25, 0.3) is 0 Å². The normalized spacial score (nSPS) is 22.6. The van der Waals surface area contributed by atoms with E-state index in [1.54, 1.807) is 0 Å². The van der Waals surface area contributed by atoms with Crippen LogP contribution in [-0.2, 0) is 6.54 Å². The Morgan fingerprint density at radius 2 is 1.88 bits per heavy atom. The highest BCUT2D eigenvalue weighted by molar-refractivity contribution is 5.40. The van der Waals surface area contributed by atoms with E-state index >= 15 is 0 Å². The zero-order valence-corrected chi connectivity index (χ0v) is 19.6. The summed E-state index contributed by atoms with van der Waals surface area (Å²) in [6, 6.07) is 4.53. The van der Waals surface area contributed by atoms with Crippen molar-refractivity contribution in [2.45, 2.75) is 58.2 Å². The molecule has 2 atom stereocenters. The lowest BCUT2D eigenvalue weighted by Crippen LogP contribution is -2.43. The molecule has 1 aromatic carbocycles. The number of rotatable bonds is 8. The molecule has 0 aromatic heterocycles. The first kappa shape index (κ1) is 24.0. The largest absolute Gasteiger partial charge is 0.381 e. The summed E-state index contributed by atoms with van der Waals surface area (Å²) in [6.07, 6.45) is 8.14. The minimum atomic E-state index is -0.574. The van der Waals surface area contributed by atoms with Crippen molar-refractivity contribution in [3.8, 4) is 0 Å². The fraction of sp³-hybridized carbons (Fsp3) is 0.407. The fourth-order valence-electron chi connectivity index (χ4n) is 5.03. The molecule has 2 fully saturated rings. The van der Waals surface area contributed by atoms with Gasteiger partial charge >= 0.3 is 0 Å².